The summed E-state index contributed by atoms with van der Waals surface area (Å²) in [4.78, 5) is 22.6. The fourth-order valence-electron chi connectivity index (χ4n) is 1.75. The summed E-state index contributed by atoms with van der Waals surface area (Å²) in [5, 5.41) is 5.33. The van der Waals surface area contributed by atoms with Crippen LogP contribution in [0.15, 0.2) is 29.2 Å². The van der Waals surface area contributed by atoms with Crippen molar-refractivity contribution in [3.8, 4) is 0 Å². The van der Waals surface area contributed by atoms with E-state index in [0.29, 0.717) is 5.69 Å². The van der Waals surface area contributed by atoms with Gasteiger partial charge in [-0.15, -0.1) is 0 Å². The second-order valence-corrected chi connectivity index (χ2v) is 7.00. The first-order valence-corrected chi connectivity index (χ1v) is 8.89. The van der Waals surface area contributed by atoms with Gasteiger partial charge in [0.05, 0.1) is 4.90 Å². The highest BCUT2D eigenvalue weighted by Crippen LogP contribution is 2.13. The van der Waals surface area contributed by atoms with Gasteiger partial charge >= 0.3 is 0 Å². The number of rotatable bonds is 8. The Hall–Kier alpha value is -1.93. The standard InChI is InChI=1S/C15H23N3O4S/c1-4-11(2)17-15(20)9-10-16-23(21,22)14-7-5-13(6-8-14)18-12(3)19/h5-8,11,16H,4,9-10H2,1-3H3,(H,17,20)(H,18,19). The molecule has 2 amide bonds. The van der Waals surface area contributed by atoms with E-state index in [9.17, 15) is 18.0 Å². The van der Waals surface area contributed by atoms with Crippen LogP contribution in [0.4, 0.5) is 5.69 Å². The molecule has 23 heavy (non-hydrogen) atoms. The van der Waals surface area contributed by atoms with Crippen molar-refractivity contribution < 1.29 is 18.0 Å². The Labute approximate surface area is 136 Å². The lowest BCUT2D eigenvalue weighted by molar-refractivity contribution is -0.121. The lowest BCUT2D eigenvalue weighted by Gasteiger charge is -2.12. The predicted octanol–water partition coefficient (Wildman–Crippen LogP) is 1.23. The first kappa shape index (κ1) is 19.1. The first-order chi connectivity index (χ1) is 10.7. The molecule has 1 aromatic rings. The highest BCUT2D eigenvalue weighted by atomic mass is 32.2. The molecule has 0 aliphatic rings. The van der Waals surface area contributed by atoms with Crippen molar-refractivity contribution in [1.29, 1.82) is 0 Å². The van der Waals surface area contributed by atoms with Crippen LogP contribution in [0.25, 0.3) is 0 Å². The largest absolute Gasteiger partial charge is 0.354 e. The van der Waals surface area contributed by atoms with Gasteiger partial charge in [0.1, 0.15) is 0 Å². The molecule has 0 spiro atoms. The highest BCUT2D eigenvalue weighted by molar-refractivity contribution is 7.89. The molecule has 0 bridgehead atoms. The summed E-state index contributed by atoms with van der Waals surface area (Å²) in [7, 11) is -3.68. The Bertz CT molecular complexity index is 641. The molecule has 7 nitrogen and oxygen atoms in total. The summed E-state index contributed by atoms with van der Waals surface area (Å²) in [6.45, 7) is 5.24. The highest BCUT2D eigenvalue weighted by Gasteiger charge is 2.14. The zero-order valence-electron chi connectivity index (χ0n) is 13.5. The van der Waals surface area contributed by atoms with E-state index >= 15 is 0 Å². The number of sulfonamides is 1. The lowest BCUT2D eigenvalue weighted by atomic mass is 10.2. The zero-order valence-corrected chi connectivity index (χ0v) is 14.4. The summed E-state index contributed by atoms with van der Waals surface area (Å²) in [5.74, 6) is -0.422. The Morgan fingerprint density at radius 2 is 1.78 bits per heavy atom. The summed E-state index contributed by atoms with van der Waals surface area (Å²) in [6, 6.07) is 5.87. The molecule has 0 aliphatic heterocycles. The van der Waals surface area contributed by atoms with E-state index in [0.717, 1.165) is 6.42 Å². The summed E-state index contributed by atoms with van der Waals surface area (Å²) >= 11 is 0. The molecule has 0 saturated heterocycles. The summed E-state index contributed by atoms with van der Waals surface area (Å²) in [6.07, 6.45) is 0.895. The number of amides is 2. The van der Waals surface area contributed by atoms with Crippen molar-refractivity contribution in [3.63, 3.8) is 0 Å². The molecule has 0 aromatic heterocycles. The Morgan fingerprint density at radius 1 is 1.17 bits per heavy atom. The minimum absolute atomic E-state index is 0.0258. The average molecular weight is 341 g/mol. The number of hydrogen-bond acceptors (Lipinski definition) is 4. The van der Waals surface area contributed by atoms with Crippen molar-refractivity contribution in [2.24, 2.45) is 0 Å². The molecule has 128 valence electrons. The molecular weight excluding hydrogens is 318 g/mol. The van der Waals surface area contributed by atoms with Gasteiger partial charge in [-0.2, -0.15) is 0 Å². The van der Waals surface area contributed by atoms with Gasteiger partial charge in [0.25, 0.3) is 0 Å². The van der Waals surface area contributed by atoms with Crippen LogP contribution in [0.5, 0.6) is 0 Å². The van der Waals surface area contributed by atoms with Gasteiger partial charge in [0.15, 0.2) is 0 Å². The van der Waals surface area contributed by atoms with E-state index in [1.165, 1.54) is 31.2 Å². The molecule has 1 rings (SSSR count). The molecule has 0 fully saturated rings. The van der Waals surface area contributed by atoms with Gasteiger partial charge in [0, 0.05) is 31.6 Å². The molecule has 0 radical (unpaired) electrons. The van der Waals surface area contributed by atoms with Crippen LogP contribution in [0, 0.1) is 0 Å². The normalized spacial score (nSPS) is 12.5. The number of anilines is 1. The second kappa shape index (κ2) is 8.64. The smallest absolute Gasteiger partial charge is 0.240 e. The third kappa shape index (κ3) is 6.79. The molecule has 0 heterocycles. The predicted molar refractivity (Wildman–Crippen MR) is 88.4 cm³/mol. The van der Waals surface area contributed by atoms with Crippen LogP contribution in [0.2, 0.25) is 0 Å². The van der Waals surface area contributed by atoms with Crippen LogP contribution in [-0.2, 0) is 19.6 Å². The van der Waals surface area contributed by atoms with E-state index in [1.54, 1.807) is 0 Å². The summed E-state index contributed by atoms with van der Waals surface area (Å²) in [5.41, 5.74) is 0.518. The van der Waals surface area contributed by atoms with Crippen molar-refractivity contribution in [2.45, 2.75) is 44.6 Å². The molecular formula is C15H23N3O4S. The molecule has 0 saturated carbocycles. The Kier molecular flexibility index (Phi) is 7.18. The van der Waals surface area contributed by atoms with Crippen LogP contribution >= 0.6 is 0 Å². The van der Waals surface area contributed by atoms with E-state index in [4.69, 9.17) is 0 Å². The molecule has 1 aromatic carbocycles. The van der Waals surface area contributed by atoms with Gasteiger partial charge in [-0.3, -0.25) is 9.59 Å². The number of benzene rings is 1. The number of carbonyl (C=O) groups is 2. The second-order valence-electron chi connectivity index (χ2n) is 5.23. The van der Waals surface area contributed by atoms with Crippen molar-refractivity contribution in [1.82, 2.24) is 10.0 Å². The maximum atomic E-state index is 12.1. The van der Waals surface area contributed by atoms with Crippen molar-refractivity contribution >= 4 is 27.5 Å². The van der Waals surface area contributed by atoms with E-state index in [-0.39, 0.29) is 35.7 Å². The SMILES string of the molecule is CCC(C)NC(=O)CCNS(=O)(=O)c1ccc(NC(C)=O)cc1. The van der Waals surface area contributed by atoms with Crippen molar-refractivity contribution in [3.05, 3.63) is 24.3 Å². The van der Waals surface area contributed by atoms with Crippen LogP contribution in [-0.4, -0.2) is 32.8 Å². The van der Waals surface area contributed by atoms with Crippen LogP contribution in [0.1, 0.15) is 33.6 Å². The number of hydrogen-bond donors (Lipinski definition) is 3. The molecule has 0 aliphatic carbocycles. The monoisotopic (exact) mass is 341 g/mol. The molecule has 8 heteroatoms. The van der Waals surface area contributed by atoms with Gasteiger partial charge in [-0.1, -0.05) is 6.92 Å². The third-order valence-corrected chi connectivity index (χ3v) is 4.63. The number of nitrogens with one attached hydrogen (secondary N) is 3. The fourth-order valence-corrected chi connectivity index (χ4v) is 2.78. The van der Waals surface area contributed by atoms with Gasteiger partial charge in [-0.05, 0) is 37.6 Å². The van der Waals surface area contributed by atoms with Crippen molar-refractivity contribution in [2.75, 3.05) is 11.9 Å². The Balaban J connectivity index is 2.55. The first-order valence-electron chi connectivity index (χ1n) is 7.41. The zero-order chi connectivity index (χ0) is 17.5. The molecule has 1 atom stereocenters. The van der Waals surface area contributed by atoms with E-state index in [2.05, 4.69) is 15.4 Å². The van der Waals surface area contributed by atoms with Gasteiger partial charge in [-0.25, -0.2) is 13.1 Å². The van der Waals surface area contributed by atoms with Gasteiger partial charge < -0.3 is 10.6 Å². The lowest BCUT2D eigenvalue weighted by Crippen LogP contribution is -2.35. The number of carbonyl (C=O) groups excluding carboxylic acids is 2. The minimum Gasteiger partial charge on any atom is -0.354 e. The maximum Gasteiger partial charge on any atom is 0.240 e. The molecule has 3 N–H and O–H groups in total. The fraction of sp³-hybridized carbons (Fsp3) is 0.467. The quantitative estimate of drug-likeness (QED) is 0.661. The maximum absolute atomic E-state index is 12.1. The van der Waals surface area contributed by atoms with Gasteiger partial charge in [0.2, 0.25) is 21.8 Å². The Morgan fingerprint density at radius 3 is 2.30 bits per heavy atom. The third-order valence-electron chi connectivity index (χ3n) is 3.15. The van der Waals surface area contributed by atoms with E-state index < -0.39 is 10.0 Å². The molecule has 1 unspecified atom stereocenters. The van der Waals surface area contributed by atoms with Crippen LogP contribution < -0.4 is 15.4 Å². The summed E-state index contributed by atoms with van der Waals surface area (Å²) < 4.78 is 26.6. The minimum atomic E-state index is -3.68. The average Bonchev–Trinajstić information content (AvgIpc) is 2.46. The topological polar surface area (TPSA) is 104 Å². The van der Waals surface area contributed by atoms with Crippen LogP contribution in [0.3, 0.4) is 0 Å². The van der Waals surface area contributed by atoms with E-state index in [1.807, 2.05) is 13.8 Å².